The second-order valence-corrected chi connectivity index (χ2v) is 4.81. The maximum Gasteiger partial charge on any atom is 0.0977 e. The smallest absolute Gasteiger partial charge is 0.0977 e. The summed E-state index contributed by atoms with van der Waals surface area (Å²) in [6, 6.07) is 10.8. The van der Waals surface area contributed by atoms with Gasteiger partial charge in [-0.25, -0.2) is 0 Å². The molecule has 0 bridgehead atoms. The van der Waals surface area contributed by atoms with E-state index in [9.17, 15) is 0 Å². The third kappa shape index (κ3) is 5.77. The largest absolute Gasteiger partial charge is 0.372 e. The van der Waals surface area contributed by atoms with Gasteiger partial charge in [-0.3, -0.25) is 0 Å². The first-order valence-electron chi connectivity index (χ1n) is 7.63. The average molecular weight is 273 g/mol. The molecule has 0 saturated heterocycles. The summed E-state index contributed by atoms with van der Waals surface area (Å²) >= 11 is 0. The highest BCUT2D eigenvalue weighted by Crippen LogP contribution is 2.24. The number of benzene rings is 1. The lowest BCUT2D eigenvalue weighted by Crippen LogP contribution is -2.36. The van der Waals surface area contributed by atoms with Crippen molar-refractivity contribution in [3.05, 3.63) is 35.9 Å². The van der Waals surface area contributed by atoms with Crippen LogP contribution in [0.5, 0.6) is 0 Å². The number of hydrogen-bond donors (Lipinski definition) is 1. The van der Waals surface area contributed by atoms with Gasteiger partial charge in [0.15, 0.2) is 0 Å². The molecule has 2 unspecified atom stereocenters. The van der Waals surface area contributed by atoms with Crippen LogP contribution in [0, 0.1) is 11.8 Å². The van der Waals surface area contributed by atoms with Crippen molar-refractivity contribution in [2.75, 3.05) is 13.2 Å². The van der Waals surface area contributed by atoms with Crippen LogP contribution in [0.25, 0.3) is 0 Å². The highest BCUT2D eigenvalue weighted by atomic mass is 16.5. The van der Waals surface area contributed by atoms with Gasteiger partial charge in [0, 0.05) is 19.1 Å². The van der Waals surface area contributed by atoms with Gasteiger partial charge in [-0.15, -0.1) is 11.8 Å². The third-order valence-corrected chi connectivity index (χ3v) is 3.25. The van der Waals surface area contributed by atoms with Crippen LogP contribution in [-0.2, 0) is 4.74 Å². The maximum atomic E-state index is 6.01. The fraction of sp³-hybridized carbons (Fsp3) is 0.556. The van der Waals surface area contributed by atoms with Gasteiger partial charge in [0.1, 0.15) is 0 Å². The van der Waals surface area contributed by atoms with Crippen LogP contribution in [0.1, 0.15) is 51.7 Å². The molecule has 0 amide bonds. The SMILES string of the molecule is CC#CCCC(NCCC)C(OCC)c1ccccc1. The van der Waals surface area contributed by atoms with Crippen molar-refractivity contribution in [2.24, 2.45) is 0 Å². The Morgan fingerprint density at radius 3 is 2.55 bits per heavy atom. The molecule has 0 aliphatic heterocycles. The summed E-state index contributed by atoms with van der Waals surface area (Å²) in [5, 5.41) is 3.62. The molecule has 0 spiro atoms. The van der Waals surface area contributed by atoms with E-state index in [-0.39, 0.29) is 6.10 Å². The molecule has 2 heteroatoms. The minimum atomic E-state index is 0.103. The van der Waals surface area contributed by atoms with Crippen molar-refractivity contribution < 1.29 is 4.74 Å². The van der Waals surface area contributed by atoms with Crippen LogP contribution in [0.4, 0.5) is 0 Å². The average Bonchev–Trinajstić information content (AvgIpc) is 2.50. The molecule has 1 rings (SSSR count). The molecule has 1 N–H and O–H groups in total. The van der Waals surface area contributed by atoms with Crippen LogP contribution >= 0.6 is 0 Å². The zero-order chi connectivity index (χ0) is 14.6. The molecule has 0 aromatic heterocycles. The molecule has 2 atom stereocenters. The highest BCUT2D eigenvalue weighted by molar-refractivity contribution is 5.19. The Labute approximate surface area is 123 Å². The Balaban J connectivity index is 2.81. The lowest BCUT2D eigenvalue weighted by molar-refractivity contribution is 0.0313. The molecule has 0 heterocycles. The van der Waals surface area contributed by atoms with Crippen LogP contribution in [-0.4, -0.2) is 19.2 Å². The monoisotopic (exact) mass is 273 g/mol. The van der Waals surface area contributed by atoms with Crippen LogP contribution in [0.2, 0.25) is 0 Å². The summed E-state index contributed by atoms with van der Waals surface area (Å²) in [5.74, 6) is 6.13. The fourth-order valence-electron chi connectivity index (χ4n) is 2.31. The Bertz CT molecular complexity index is 404. The Kier molecular flexibility index (Phi) is 8.78. The number of ether oxygens (including phenoxy) is 1. The van der Waals surface area contributed by atoms with E-state index in [0.29, 0.717) is 6.04 Å². The summed E-state index contributed by atoms with van der Waals surface area (Å²) in [6.45, 7) is 7.88. The van der Waals surface area contributed by atoms with Crippen molar-refractivity contribution in [1.29, 1.82) is 0 Å². The minimum absolute atomic E-state index is 0.103. The van der Waals surface area contributed by atoms with Gasteiger partial charge in [-0.05, 0) is 38.8 Å². The van der Waals surface area contributed by atoms with Gasteiger partial charge in [0.25, 0.3) is 0 Å². The van der Waals surface area contributed by atoms with E-state index < -0.39 is 0 Å². The summed E-state index contributed by atoms with van der Waals surface area (Å²) in [4.78, 5) is 0. The molecular formula is C18H27NO. The summed E-state index contributed by atoms with van der Waals surface area (Å²) in [7, 11) is 0. The van der Waals surface area contributed by atoms with Gasteiger partial charge < -0.3 is 10.1 Å². The number of nitrogens with one attached hydrogen (secondary N) is 1. The van der Waals surface area contributed by atoms with E-state index in [0.717, 1.165) is 32.4 Å². The standard InChI is InChI=1S/C18H27NO/c1-4-7-9-14-17(19-15-5-2)18(20-6-3)16-12-10-8-11-13-16/h8,10-13,17-19H,5-6,9,14-15H2,1-3H3. The Morgan fingerprint density at radius 2 is 1.95 bits per heavy atom. The molecule has 1 aromatic carbocycles. The zero-order valence-corrected chi connectivity index (χ0v) is 13.0. The highest BCUT2D eigenvalue weighted by Gasteiger charge is 2.22. The van der Waals surface area contributed by atoms with E-state index in [2.05, 4.69) is 55.3 Å². The molecule has 0 aliphatic rings. The van der Waals surface area contributed by atoms with E-state index in [1.54, 1.807) is 0 Å². The molecule has 110 valence electrons. The molecule has 0 aliphatic carbocycles. The van der Waals surface area contributed by atoms with Crippen LogP contribution < -0.4 is 5.32 Å². The third-order valence-electron chi connectivity index (χ3n) is 3.25. The topological polar surface area (TPSA) is 21.3 Å². The predicted molar refractivity (Wildman–Crippen MR) is 85.6 cm³/mol. The number of hydrogen-bond acceptors (Lipinski definition) is 2. The van der Waals surface area contributed by atoms with Gasteiger partial charge in [-0.1, -0.05) is 37.3 Å². The first-order chi connectivity index (χ1) is 9.83. The molecule has 20 heavy (non-hydrogen) atoms. The Hall–Kier alpha value is -1.30. The number of rotatable bonds is 9. The van der Waals surface area contributed by atoms with Crippen molar-refractivity contribution in [3.63, 3.8) is 0 Å². The van der Waals surface area contributed by atoms with Gasteiger partial charge in [-0.2, -0.15) is 0 Å². The summed E-state index contributed by atoms with van der Waals surface area (Å²) in [5.41, 5.74) is 1.24. The summed E-state index contributed by atoms with van der Waals surface area (Å²) in [6.07, 6.45) is 3.16. The van der Waals surface area contributed by atoms with Gasteiger partial charge >= 0.3 is 0 Å². The van der Waals surface area contributed by atoms with Crippen LogP contribution in [0.3, 0.4) is 0 Å². The second kappa shape index (κ2) is 10.5. The van der Waals surface area contributed by atoms with E-state index in [1.165, 1.54) is 5.56 Å². The van der Waals surface area contributed by atoms with Crippen molar-refractivity contribution in [3.8, 4) is 11.8 Å². The van der Waals surface area contributed by atoms with Gasteiger partial charge in [0.2, 0.25) is 0 Å². The minimum Gasteiger partial charge on any atom is -0.372 e. The Morgan fingerprint density at radius 1 is 1.20 bits per heavy atom. The maximum absolute atomic E-state index is 6.01. The normalized spacial score (nSPS) is 13.3. The van der Waals surface area contributed by atoms with Crippen molar-refractivity contribution >= 4 is 0 Å². The molecule has 0 saturated carbocycles. The van der Waals surface area contributed by atoms with Crippen molar-refractivity contribution in [1.82, 2.24) is 5.32 Å². The molecular weight excluding hydrogens is 246 g/mol. The molecule has 2 nitrogen and oxygen atoms in total. The van der Waals surface area contributed by atoms with Crippen LogP contribution in [0.15, 0.2) is 30.3 Å². The van der Waals surface area contributed by atoms with Gasteiger partial charge in [0.05, 0.1) is 6.10 Å². The lowest BCUT2D eigenvalue weighted by Gasteiger charge is -2.28. The van der Waals surface area contributed by atoms with E-state index in [1.807, 2.05) is 13.0 Å². The molecule has 0 fully saturated rings. The fourth-order valence-corrected chi connectivity index (χ4v) is 2.31. The molecule has 0 radical (unpaired) electrons. The first-order valence-corrected chi connectivity index (χ1v) is 7.63. The summed E-state index contributed by atoms with van der Waals surface area (Å²) < 4.78 is 6.01. The quantitative estimate of drug-likeness (QED) is 0.688. The second-order valence-electron chi connectivity index (χ2n) is 4.81. The molecule has 1 aromatic rings. The van der Waals surface area contributed by atoms with Crippen molar-refractivity contribution in [2.45, 2.75) is 52.2 Å². The zero-order valence-electron chi connectivity index (χ0n) is 13.0. The van der Waals surface area contributed by atoms with E-state index >= 15 is 0 Å². The predicted octanol–water partition coefficient (Wildman–Crippen LogP) is 3.94. The van der Waals surface area contributed by atoms with E-state index in [4.69, 9.17) is 4.74 Å². The first kappa shape index (κ1) is 16.8. The lowest BCUT2D eigenvalue weighted by atomic mass is 9.98.